The van der Waals surface area contributed by atoms with Crippen LogP contribution in [0.3, 0.4) is 0 Å². The Hall–Kier alpha value is -0.280. The second-order valence-electron chi connectivity index (χ2n) is 5.41. The van der Waals surface area contributed by atoms with Crippen molar-refractivity contribution in [3.63, 3.8) is 0 Å². The summed E-state index contributed by atoms with van der Waals surface area (Å²) in [4.78, 5) is 14.1. The Bertz CT molecular complexity index is 280. The second-order valence-corrected chi connectivity index (χ2v) is 5.41. The topological polar surface area (TPSA) is 32.3 Å². The summed E-state index contributed by atoms with van der Waals surface area (Å²) in [6, 6.07) is 0. The molecule has 0 aromatic rings. The monoisotopic (exact) mass is 230 g/mol. The molecule has 3 aliphatic rings. The summed E-state index contributed by atoms with van der Waals surface area (Å²) in [7, 11) is 1.98. The van der Waals surface area contributed by atoms with Crippen LogP contribution in [0.5, 0.6) is 0 Å². The number of hydrogen-bond donors (Lipinski definition) is 1. The predicted molar refractivity (Wildman–Crippen MR) is 61.0 cm³/mol. The second kappa shape index (κ2) is 3.36. The minimum Gasteiger partial charge on any atom is -0.340 e. The molecule has 3 rings (SSSR count). The van der Waals surface area contributed by atoms with Gasteiger partial charge in [0, 0.05) is 18.5 Å². The Morgan fingerprint density at radius 1 is 1.33 bits per heavy atom. The van der Waals surface area contributed by atoms with E-state index in [0.717, 1.165) is 13.1 Å². The highest BCUT2D eigenvalue weighted by molar-refractivity contribution is 5.85. The highest BCUT2D eigenvalue weighted by Crippen LogP contribution is 2.51. The van der Waals surface area contributed by atoms with Gasteiger partial charge in [0.15, 0.2) is 0 Å². The lowest BCUT2D eigenvalue weighted by molar-refractivity contribution is -0.134. The highest BCUT2D eigenvalue weighted by atomic mass is 35.5. The van der Waals surface area contributed by atoms with E-state index in [1.165, 1.54) is 12.8 Å². The third-order valence-electron chi connectivity index (χ3n) is 4.49. The fourth-order valence-corrected chi connectivity index (χ4v) is 2.79. The molecule has 1 aliphatic heterocycles. The van der Waals surface area contributed by atoms with Crippen LogP contribution in [-0.2, 0) is 4.79 Å². The van der Waals surface area contributed by atoms with E-state index in [0.29, 0.717) is 23.7 Å². The van der Waals surface area contributed by atoms with Gasteiger partial charge in [-0.15, -0.1) is 12.4 Å². The molecule has 1 amide bonds. The minimum absolute atomic E-state index is 0. The van der Waals surface area contributed by atoms with Crippen molar-refractivity contribution in [2.45, 2.75) is 25.3 Å². The summed E-state index contributed by atoms with van der Waals surface area (Å²) in [5.41, 5.74) is 0.210. The van der Waals surface area contributed by atoms with Crippen LogP contribution in [0.1, 0.15) is 19.8 Å². The Balaban J connectivity index is 0.000000853. The van der Waals surface area contributed by atoms with Gasteiger partial charge in [-0.2, -0.15) is 0 Å². The maximum absolute atomic E-state index is 12.1. The van der Waals surface area contributed by atoms with E-state index in [2.05, 4.69) is 12.2 Å². The fourth-order valence-electron chi connectivity index (χ4n) is 2.79. The lowest BCUT2D eigenvalue weighted by atomic mass is 10.2. The van der Waals surface area contributed by atoms with Crippen molar-refractivity contribution in [2.75, 3.05) is 20.1 Å². The molecule has 1 N–H and O–H groups in total. The molecule has 3 fully saturated rings. The lowest BCUT2D eigenvalue weighted by Gasteiger charge is -2.25. The molecule has 4 heteroatoms. The Kier molecular flexibility index (Phi) is 2.51. The number of carbonyl (C=O) groups excluding carboxylic acids is 1. The van der Waals surface area contributed by atoms with E-state index in [1.54, 1.807) is 0 Å². The van der Waals surface area contributed by atoms with Crippen molar-refractivity contribution < 1.29 is 4.79 Å². The fraction of sp³-hybridized carbons (Fsp3) is 0.909. The number of fused-ring (bicyclic) bond motifs is 1. The summed E-state index contributed by atoms with van der Waals surface area (Å²) < 4.78 is 0. The van der Waals surface area contributed by atoms with Gasteiger partial charge in [-0.1, -0.05) is 0 Å². The Morgan fingerprint density at radius 3 is 2.33 bits per heavy atom. The Morgan fingerprint density at radius 2 is 1.87 bits per heavy atom. The van der Waals surface area contributed by atoms with Crippen molar-refractivity contribution in [2.24, 2.45) is 17.8 Å². The smallest absolute Gasteiger partial charge is 0.226 e. The van der Waals surface area contributed by atoms with Crippen LogP contribution in [0.25, 0.3) is 0 Å². The summed E-state index contributed by atoms with van der Waals surface area (Å²) >= 11 is 0. The molecular formula is C11H19ClN2O. The van der Waals surface area contributed by atoms with Crippen LogP contribution in [0.15, 0.2) is 0 Å². The molecule has 3 nitrogen and oxygen atoms in total. The van der Waals surface area contributed by atoms with E-state index < -0.39 is 0 Å². The number of halogens is 1. The van der Waals surface area contributed by atoms with Crippen LogP contribution in [0.2, 0.25) is 0 Å². The molecule has 0 aromatic carbocycles. The molecule has 2 aliphatic carbocycles. The van der Waals surface area contributed by atoms with E-state index in [4.69, 9.17) is 0 Å². The van der Waals surface area contributed by atoms with Gasteiger partial charge in [0.2, 0.25) is 5.91 Å². The predicted octanol–water partition coefficient (Wildman–Crippen LogP) is 0.884. The van der Waals surface area contributed by atoms with Crippen LogP contribution in [0.4, 0.5) is 0 Å². The molecule has 0 spiro atoms. The lowest BCUT2D eigenvalue weighted by Crippen LogP contribution is -2.39. The van der Waals surface area contributed by atoms with Crippen molar-refractivity contribution in [3.05, 3.63) is 0 Å². The largest absolute Gasteiger partial charge is 0.340 e. The number of hydrogen-bond acceptors (Lipinski definition) is 2. The van der Waals surface area contributed by atoms with Crippen molar-refractivity contribution >= 4 is 18.3 Å². The van der Waals surface area contributed by atoms with Gasteiger partial charge >= 0.3 is 0 Å². The summed E-state index contributed by atoms with van der Waals surface area (Å²) in [6.45, 7) is 4.32. The maximum Gasteiger partial charge on any atom is 0.226 e. The van der Waals surface area contributed by atoms with Gasteiger partial charge in [-0.25, -0.2) is 0 Å². The third-order valence-corrected chi connectivity index (χ3v) is 4.49. The summed E-state index contributed by atoms with van der Waals surface area (Å²) in [5.74, 6) is 2.08. The molecule has 0 aromatic heterocycles. The average Bonchev–Trinajstić information content (AvgIpc) is 3.04. The summed E-state index contributed by atoms with van der Waals surface area (Å²) in [5, 5.41) is 3.33. The maximum atomic E-state index is 12.1. The van der Waals surface area contributed by atoms with Gasteiger partial charge in [-0.3, -0.25) is 4.79 Å². The van der Waals surface area contributed by atoms with E-state index in [9.17, 15) is 4.79 Å². The van der Waals surface area contributed by atoms with Crippen LogP contribution in [0, 0.1) is 17.8 Å². The molecule has 1 saturated heterocycles. The highest BCUT2D eigenvalue weighted by Gasteiger charge is 2.59. The number of amides is 1. The first-order valence-electron chi connectivity index (χ1n) is 5.62. The standard InChI is InChI=1S/C11H18N2O.ClH/c1-11(3-4-11)13(2)10(14)9-7-5-12-6-8(7)9;/h7-9,12H,3-6H2,1-2H3;1H/t7-,8+,9?;. The Labute approximate surface area is 97.0 Å². The van der Waals surface area contributed by atoms with Crippen LogP contribution >= 0.6 is 12.4 Å². The number of nitrogens with one attached hydrogen (secondary N) is 1. The van der Waals surface area contributed by atoms with E-state index in [1.807, 2.05) is 11.9 Å². The first kappa shape index (κ1) is 11.2. The number of piperidine rings is 1. The SMILES string of the molecule is CN(C(=O)C1[C@H]2CNC[C@@H]12)C1(C)CC1.Cl. The average molecular weight is 231 g/mol. The minimum atomic E-state index is 0. The quantitative estimate of drug-likeness (QED) is 0.764. The number of nitrogens with zero attached hydrogens (tertiary/aromatic N) is 1. The zero-order chi connectivity index (χ0) is 9.92. The molecular weight excluding hydrogens is 212 g/mol. The molecule has 0 radical (unpaired) electrons. The van der Waals surface area contributed by atoms with Crippen molar-refractivity contribution in [3.8, 4) is 0 Å². The van der Waals surface area contributed by atoms with Gasteiger partial charge in [-0.05, 0) is 44.7 Å². The molecule has 0 bridgehead atoms. The first-order chi connectivity index (χ1) is 6.63. The van der Waals surface area contributed by atoms with Crippen LogP contribution in [-0.4, -0.2) is 36.5 Å². The van der Waals surface area contributed by atoms with Gasteiger partial charge in [0.1, 0.15) is 0 Å². The normalized spacial score (nSPS) is 38.9. The zero-order valence-electron chi connectivity index (χ0n) is 9.32. The number of rotatable bonds is 2. The van der Waals surface area contributed by atoms with Gasteiger partial charge in [0.25, 0.3) is 0 Å². The van der Waals surface area contributed by atoms with Crippen molar-refractivity contribution in [1.82, 2.24) is 10.2 Å². The molecule has 3 atom stereocenters. The van der Waals surface area contributed by atoms with Gasteiger partial charge in [0.05, 0.1) is 0 Å². The molecule has 15 heavy (non-hydrogen) atoms. The van der Waals surface area contributed by atoms with Gasteiger partial charge < -0.3 is 10.2 Å². The zero-order valence-corrected chi connectivity index (χ0v) is 10.1. The third kappa shape index (κ3) is 1.56. The molecule has 1 heterocycles. The first-order valence-corrected chi connectivity index (χ1v) is 5.62. The van der Waals surface area contributed by atoms with Crippen LogP contribution < -0.4 is 5.32 Å². The molecule has 2 saturated carbocycles. The van der Waals surface area contributed by atoms with E-state index in [-0.39, 0.29) is 17.9 Å². The van der Waals surface area contributed by atoms with E-state index >= 15 is 0 Å². The number of carbonyl (C=O) groups is 1. The molecule has 86 valence electrons. The summed E-state index contributed by atoms with van der Waals surface area (Å²) in [6.07, 6.45) is 2.38. The van der Waals surface area contributed by atoms with Crippen molar-refractivity contribution in [1.29, 1.82) is 0 Å². The molecule has 1 unspecified atom stereocenters.